The molecule has 1 saturated heterocycles. The summed E-state index contributed by atoms with van der Waals surface area (Å²) in [5.74, 6) is -3.61. The van der Waals surface area contributed by atoms with Crippen molar-refractivity contribution in [2.45, 2.75) is 13.1 Å². The van der Waals surface area contributed by atoms with Gasteiger partial charge in [0.05, 0.1) is 12.6 Å². The van der Waals surface area contributed by atoms with E-state index in [1.54, 1.807) is 4.57 Å². The fourth-order valence-corrected chi connectivity index (χ4v) is 4.75. The molecule has 2 aromatic carbocycles. The monoisotopic (exact) mass is 595 g/mol. The van der Waals surface area contributed by atoms with Crippen LogP contribution >= 0.6 is 11.6 Å². The van der Waals surface area contributed by atoms with Gasteiger partial charge in [-0.05, 0) is 36.2 Å². The predicted octanol–water partition coefficient (Wildman–Crippen LogP) is 4.83. The minimum Gasteiger partial charge on any atom is -0.481 e. The average Bonchev–Trinajstić information content (AvgIpc) is 3.43. The number of nitrogens with zero attached hydrogens (tertiary/aromatic N) is 3. The topological polar surface area (TPSA) is 140 Å². The number of anilines is 2. The molecule has 0 unspecified atom stereocenters. The van der Waals surface area contributed by atoms with Crippen LogP contribution in [0.15, 0.2) is 71.9 Å². The van der Waals surface area contributed by atoms with Gasteiger partial charge >= 0.3 is 5.97 Å². The van der Waals surface area contributed by atoms with Gasteiger partial charge in [-0.2, -0.15) is 0 Å². The van der Waals surface area contributed by atoms with E-state index in [0.29, 0.717) is 25.1 Å². The smallest absolute Gasteiger partial charge is 0.307 e. The molecule has 10 nitrogen and oxygen atoms in total. The zero-order valence-corrected chi connectivity index (χ0v) is 22.6. The maximum absolute atomic E-state index is 14.9. The van der Waals surface area contributed by atoms with Crippen LogP contribution < -0.4 is 21.2 Å². The van der Waals surface area contributed by atoms with Gasteiger partial charge in [-0.1, -0.05) is 23.7 Å². The third kappa shape index (κ3) is 6.24. The molecule has 0 saturated carbocycles. The molecule has 0 radical (unpaired) electrons. The number of nitrogen functional groups attached to an aromatic ring is 1. The second kappa shape index (κ2) is 12.0. The van der Waals surface area contributed by atoms with E-state index in [-0.39, 0.29) is 45.8 Å². The predicted molar refractivity (Wildman–Crippen MR) is 151 cm³/mol. The van der Waals surface area contributed by atoms with Crippen molar-refractivity contribution >= 4 is 35.0 Å². The number of hydrogen-bond acceptors (Lipinski definition) is 7. The van der Waals surface area contributed by atoms with Gasteiger partial charge < -0.3 is 25.5 Å². The van der Waals surface area contributed by atoms with E-state index in [1.807, 2.05) is 4.90 Å². The number of carboxylic acids is 1. The van der Waals surface area contributed by atoms with Gasteiger partial charge in [-0.25, -0.2) is 13.8 Å². The van der Waals surface area contributed by atoms with E-state index in [2.05, 4.69) is 10.3 Å². The SMILES string of the molecule is Nc1nccc(Oc2ccc(NC(=O)c3cn(CN4CC[C@H](C(=O)O)C4)cc(-c4ccc(F)cc4)c3=O)cc2F)c1Cl. The van der Waals surface area contributed by atoms with Gasteiger partial charge in [0.2, 0.25) is 5.43 Å². The van der Waals surface area contributed by atoms with Crippen LogP contribution in [-0.2, 0) is 11.5 Å². The Labute approximate surface area is 242 Å². The van der Waals surface area contributed by atoms with Gasteiger partial charge in [0, 0.05) is 55.1 Å². The van der Waals surface area contributed by atoms with Gasteiger partial charge in [-0.3, -0.25) is 19.3 Å². The lowest BCUT2D eigenvalue weighted by Gasteiger charge is -2.19. The Bertz CT molecular complexity index is 1730. The molecular formula is C29H24ClF2N5O5. The molecule has 0 aliphatic carbocycles. The lowest BCUT2D eigenvalue weighted by atomic mass is 10.0. The highest BCUT2D eigenvalue weighted by Gasteiger charge is 2.28. The first-order valence-corrected chi connectivity index (χ1v) is 13.1. The van der Waals surface area contributed by atoms with Crippen LogP contribution in [0.1, 0.15) is 16.8 Å². The van der Waals surface area contributed by atoms with Crippen LogP contribution in [0.5, 0.6) is 11.5 Å². The maximum atomic E-state index is 14.9. The van der Waals surface area contributed by atoms with Gasteiger partial charge in [-0.15, -0.1) is 0 Å². The van der Waals surface area contributed by atoms with Crippen LogP contribution in [0.3, 0.4) is 0 Å². The molecule has 1 atom stereocenters. The molecular weight excluding hydrogens is 572 g/mol. The lowest BCUT2D eigenvalue weighted by molar-refractivity contribution is -0.141. The number of halogens is 3. The van der Waals surface area contributed by atoms with Gasteiger partial charge in [0.1, 0.15) is 22.2 Å². The average molecular weight is 596 g/mol. The van der Waals surface area contributed by atoms with Crippen molar-refractivity contribution < 1.29 is 28.2 Å². The number of aliphatic carboxylic acids is 1. The van der Waals surface area contributed by atoms with E-state index < -0.39 is 34.9 Å². The lowest BCUT2D eigenvalue weighted by Crippen LogP contribution is -2.29. The van der Waals surface area contributed by atoms with E-state index in [0.717, 1.165) is 6.07 Å². The Hall–Kier alpha value is -4.81. The first-order chi connectivity index (χ1) is 20.1. The number of rotatable bonds is 8. The van der Waals surface area contributed by atoms with E-state index in [9.17, 15) is 28.3 Å². The van der Waals surface area contributed by atoms with Crippen molar-refractivity contribution in [3.8, 4) is 22.6 Å². The molecule has 0 bridgehead atoms. The summed E-state index contributed by atoms with van der Waals surface area (Å²) in [5.41, 5.74) is 5.36. The number of nitrogens with two attached hydrogens (primary N) is 1. The summed E-state index contributed by atoms with van der Waals surface area (Å²) in [7, 11) is 0. The molecule has 1 aliphatic rings. The minimum atomic E-state index is -0.888. The number of carbonyl (C=O) groups is 2. The van der Waals surface area contributed by atoms with Crippen LogP contribution in [0.4, 0.5) is 20.3 Å². The quantitative estimate of drug-likeness (QED) is 0.263. The third-order valence-corrected chi connectivity index (χ3v) is 7.13. The third-order valence-electron chi connectivity index (χ3n) is 6.75. The molecule has 1 fully saturated rings. The number of ether oxygens (including phenoxy) is 1. The van der Waals surface area contributed by atoms with Crippen LogP contribution in [0.25, 0.3) is 11.1 Å². The Balaban J connectivity index is 1.42. The van der Waals surface area contributed by atoms with Crippen LogP contribution in [0, 0.1) is 17.6 Å². The van der Waals surface area contributed by atoms with Crippen molar-refractivity contribution in [2.24, 2.45) is 5.92 Å². The molecule has 5 rings (SSSR count). The van der Waals surface area contributed by atoms with Crippen molar-refractivity contribution in [3.63, 3.8) is 0 Å². The number of likely N-dealkylation sites (tertiary alicyclic amines) is 1. The Morgan fingerprint density at radius 2 is 1.88 bits per heavy atom. The summed E-state index contributed by atoms with van der Waals surface area (Å²) in [6.07, 6.45) is 4.70. The summed E-state index contributed by atoms with van der Waals surface area (Å²) >= 11 is 6.06. The van der Waals surface area contributed by atoms with Crippen LogP contribution in [-0.4, -0.2) is 44.5 Å². The number of carbonyl (C=O) groups excluding carboxylic acids is 1. The number of hydrogen-bond donors (Lipinski definition) is 3. The number of pyridine rings is 2. The summed E-state index contributed by atoms with van der Waals surface area (Å²) in [5, 5.41) is 11.9. The number of nitrogens with one attached hydrogen (secondary N) is 1. The van der Waals surface area contributed by atoms with E-state index >= 15 is 0 Å². The molecule has 216 valence electrons. The Morgan fingerprint density at radius 1 is 1.12 bits per heavy atom. The fraction of sp³-hybridized carbons (Fsp3) is 0.172. The number of amides is 1. The Morgan fingerprint density at radius 3 is 2.57 bits per heavy atom. The zero-order chi connectivity index (χ0) is 30.0. The first kappa shape index (κ1) is 28.7. The zero-order valence-electron chi connectivity index (χ0n) is 21.9. The highest BCUT2D eigenvalue weighted by atomic mass is 35.5. The number of carboxylic acid groups (broad SMARTS) is 1. The molecule has 0 spiro atoms. The molecule has 2 aromatic heterocycles. The standard InChI is InChI=1S/C29H24ClF2N5O5/c30-25-24(7-9-34-27(25)33)42-23-6-5-19(11-22(23)32)35-28(39)21-14-37(15-36-10-8-17(12-36)29(40)41)13-20(26(21)38)16-1-3-18(31)4-2-16/h1-7,9,11,13-14,17H,8,10,12,15H2,(H2,33,34)(H,35,39)(H,40,41)/t17-/m0/s1. The van der Waals surface area contributed by atoms with Crippen molar-refractivity contribution in [3.05, 3.63) is 99.6 Å². The molecule has 4 N–H and O–H groups in total. The highest BCUT2D eigenvalue weighted by molar-refractivity contribution is 6.34. The molecule has 42 heavy (non-hydrogen) atoms. The summed E-state index contributed by atoms with van der Waals surface area (Å²) in [4.78, 5) is 43.8. The fourth-order valence-electron chi connectivity index (χ4n) is 4.60. The van der Waals surface area contributed by atoms with E-state index in [1.165, 1.54) is 61.1 Å². The number of benzene rings is 2. The van der Waals surface area contributed by atoms with Crippen LogP contribution in [0.2, 0.25) is 5.02 Å². The summed E-state index contributed by atoms with van der Waals surface area (Å²) in [6, 6.07) is 10.3. The minimum absolute atomic E-state index is 0.0124. The first-order valence-electron chi connectivity index (χ1n) is 12.7. The van der Waals surface area contributed by atoms with Gasteiger partial charge in [0.25, 0.3) is 5.91 Å². The summed E-state index contributed by atoms with van der Waals surface area (Å²) in [6.45, 7) is 1.03. The van der Waals surface area contributed by atoms with Crippen molar-refractivity contribution in [2.75, 3.05) is 24.1 Å². The Kier molecular flexibility index (Phi) is 8.18. The molecule has 3 heterocycles. The summed E-state index contributed by atoms with van der Waals surface area (Å²) < 4.78 is 35.6. The maximum Gasteiger partial charge on any atom is 0.307 e. The van der Waals surface area contributed by atoms with Gasteiger partial charge in [0.15, 0.2) is 17.3 Å². The second-order valence-electron chi connectivity index (χ2n) is 9.69. The molecule has 1 amide bonds. The molecule has 1 aliphatic heterocycles. The molecule has 13 heteroatoms. The second-order valence-corrected chi connectivity index (χ2v) is 10.1. The van der Waals surface area contributed by atoms with Crippen molar-refractivity contribution in [1.29, 1.82) is 0 Å². The highest BCUT2D eigenvalue weighted by Crippen LogP contribution is 2.34. The number of aromatic nitrogens is 2. The largest absolute Gasteiger partial charge is 0.481 e. The van der Waals surface area contributed by atoms with Crippen molar-refractivity contribution in [1.82, 2.24) is 14.5 Å². The normalized spacial score (nSPS) is 15.0. The molecule has 4 aromatic rings. The van der Waals surface area contributed by atoms with E-state index in [4.69, 9.17) is 22.1 Å².